The Balaban J connectivity index is 1.13. The first-order valence-corrected chi connectivity index (χ1v) is 17.3. The molecule has 0 amide bonds. The lowest BCUT2D eigenvalue weighted by atomic mass is 9.93. The molecule has 1 saturated carbocycles. The fraction of sp³-hybridized carbons (Fsp3) is 0.462. The summed E-state index contributed by atoms with van der Waals surface area (Å²) in [6.07, 6.45) is 14.7. The lowest BCUT2D eigenvalue weighted by molar-refractivity contribution is -0.146. The summed E-state index contributed by atoms with van der Waals surface area (Å²) in [7, 11) is 0. The van der Waals surface area contributed by atoms with Crippen molar-refractivity contribution in [3.63, 3.8) is 0 Å². The fourth-order valence-electron chi connectivity index (χ4n) is 5.97. The van der Waals surface area contributed by atoms with Gasteiger partial charge in [-0.15, -0.1) is 0 Å². The Morgan fingerprint density at radius 3 is 2.04 bits per heavy atom. The van der Waals surface area contributed by atoms with Crippen LogP contribution in [0.2, 0.25) is 0 Å². The summed E-state index contributed by atoms with van der Waals surface area (Å²) in [6, 6.07) is 22.2. The number of aromatic nitrogens is 2. The van der Waals surface area contributed by atoms with Gasteiger partial charge in [-0.2, -0.15) is 4.98 Å². The quantitative estimate of drug-likeness (QED) is 0.0821. The monoisotopic (exact) mass is 623 g/mol. The number of rotatable bonds is 19. The smallest absolute Gasteiger partial charge is 0.316 e. The number of ether oxygens (including phenoxy) is 2. The van der Waals surface area contributed by atoms with Crippen molar-refractivity contribution in [1.82, 2.24) is 10.1 Å². The number of benzene rings is 2. The summed E-state index contributed by atoms with van der Waals surface area (Å²) in [5.74, 6) is 1.84. The fourth-order valence-corrected chi connectivity index (χ4v) is 5.97. The molecule has 0 aliphatic heterocycles. The molecule has 7 heteroatoms. The summed E-state index contributed by atoms with van der Waals surface area (Å²) < 4.78 is 17.1. The minimum absolute atomic E-state index is 0.113. The molecular formula is C39H49N3O4. The number of nitrogens with one attached hydrogen (secondary N) is 1. The largest absolute Gasteiger partial charge is 0.478 e. The molecule has 0 unspecified atom stereocenters. The standard InChI is InChI=1S/C39H49N3O4/c1-4-6-7-8-9-10-11-12-13-14-28-45-35-17-15-16-34(40-35)41-36-29(3)42-46-37(36)32-20-18-30(19-21-32)31-22-24-33(25-23-31)39(26-27-39)38(43)44-5-2/h15-25H,4-14,26-28H2,1-3H3,(H,40,41). The molecule has 0 saturated heterocycles. The molecule has 0 spiro atoms. The molecule has 1 aliphatic carbocycles. The molecule has 1 aliphatic rings. The topological polar surface area (TPSA) is 86.5 Å². The van der Waals surface area contributed by atoms with Crippen molar-refractivity contribution in [3.05, 3.63) is 78.0 Å². The zero-order valence-corrected chi connectivity index (χ0v) is 27.8. The molecule has 0 bridgehead atoms. The molecule has 2 aromatic heterocycles. The SMILES string of the molecule is CCCCCCCCCCCCOc1cccc(Nc2c(C)noc2-c2ccc(-c3ccc(C4(C(=O)OCC)CC4)cc3)cc2)n1. The zero-order valence-electron chi connectivity index (χ0n) is 27.8. The van der Waals surface area contributed by atoms with Crippen molar-refractivity contribution in [2.75, 3.05) is 18.5 Å². The number of hydrogen-bond acceptors (Lipinski definition) is 7. The van der Waals surface area contributed by atoms with E-state index in [1.807, 2.05) is 44.2 Å². The second-order valence-corrected chi connectivity index (χ2v) is 12.4. The van der Waals surface area contributed by atoms with E-state index < -0.39 is 5.41 Å². The van der Waals surface area contributed by atoms with E-state index in [0.29, 0.717) is 30.7 Å². The zero-order chi connectivity index (χ0) is 32.2. The average Bonchev–Trinajstić information content (AvgIpc) is 3.82. The third kappa shape index (κ3) is 8.56. The number of carbonyl (C=O) groups excluding carboxylic acids is 1. The van der Waals surface area contributed by atoms with E-state index in [1.165, 1.54) is 57.8 Å². The van der Waals surface area contributed by atoms with Gasteiger partial charge in [0.2, 0.25) is 5.88 Å². The number of pyridine rings is 1. The summed E-state index contributed by atoms with van der Waals surface area (Å²) in [6.45, 7) is 7.11. The Bertz CT molecular complexity index is 1520. The van der Waals surface area contributed by atoms with E-state index >= 15 is 0 Å². The Morgan fingerprint density at radius 1 is 0.804 bits per heavy atom. The summed E-state index contributed by atoms with van der Waals surface area (Å²) in [5.41, 5.74) is 5.18. The van der Waals surface area contributed by atoms with Crippen LogP contribution in [-0.2, 0) is 14.9 Å². The van der Waals surface area contributed by atoms with Crippen molar-refractivity contribution in [2.24, 2.45) is 0 Å². The number of unbranched alkanes of at least 4 members (excludes halogenated alkanes) is 9. The van der Waals surface area contributed by atoms with Gasteiger partial charge >= 0.3 is 5.97 Å². The number of anilines is 2. The summed E-state index contributed by atoms with van der Waals surface area (Å²) >= 11 is 0. The van der Waals surface area contributed by atoms with Gasteiger partial charge in [0.1, 0.15) is 17.2 Å². The molecule has 244 valence electrons. The highest BCUT2D eigenvalue weighted by molar-refractivity contribution is 5.87. The molecule has 7 nitrogen and oxygen atoms in total. The lowest BCUT2D eigenvalue weighted by Crippen LogP contribution is -2.23. The molecule has 46 heavy (non-hydrogen) atoms. The number of hydrogen-bond donors (Lipinski definition) is 1. The van der Waals surface area contributed by atoms with Crippen LogP contribution < -0.4 is 10.1 Å². The third-order valence-electron chi connectivity index (χ3n) is 8.92. The van der Waals surface area contributed by atoms with E-state index in [2.05, 4.69) is 58.8 Å². The maximum atomic E-state index is 12.5. The highest BCUT2D eigenvalue weighted by Crippen LogP contribution is 2.49. The third-order valence-corrected chi connectivity index (χ3v) is 8.92. The van der Waals surface area contributed by atoms with Crippen molar-refractivity contribution < 1.29 is 18.8 Å². The Kier molecular flexibility index (Phi) is 11.9. The van der Waals surface area contributed by atoms with Gasteiger partial charge in [0.25, 0.3) is 0 Å². The normalized spacial score (nSPS) is 13.4. The van der Waals surface area contributed by atoms with E-state index in [-0.39, 0.29) is 5.97 Å². The number of aryl methyl sites for hydroxylation is 1. The Hall–Kier alpha value is -4.13. The highest BCUT2D eigenvalue weighted by Gasteiger charge is 2.52. The van der Waals surface area contributed by atoms with E-state index in [9.17, 15) is 4.79 Å². The van der Waals surface area contributed by atoms with Crippen molar-refractivity contribution in [3.8, 4) is 28.3 Å². The van der Waals surface area contributed by atoms with Crippen LogP contribution in [0.3, 0.4) is 0 Å². The number of carbonyl (C=O) groups is 1. The molecule has 1 N–H and O–H groups in total. The van der Waals surface area contributed by atoms with Crippen LogP contribution in [0.15, 0.2) is 71.3 Å². The van der Waals surface area contributed by atoms with Crippen LogP contribution in [0.4, 0.5) is 11.5 Å². The van der Waals surface area contributed by atoms with Gasteiger partial charge in [0.05, 0.1) is 18.6 Å². The molecule has 0 atom stereocenters. The first-order chi connectivity index (χ1) is 22.5. The second kappa shape index (κ2) is 16.4. The highest BCUT2D eigenvalue weighted by atomic mass is 16.5. The molecule has 0 radical (unpaired) electrons. The van der Waals surface area contributed by atoms with Crippen LogP contribution in [0.1, 0.15) is 102 Å². The predicted molar refractivity (Wildman–Crippen MR) is 185 cm³/mol. The van der Waals surface area contributed by atoms with Crippen LogP contribution in [0, 0.1) is 6.92 Å². The van der Waals surface area contributed by atoms with Crippen LogP contribution in [0.25, 0.3) is 22.5 Å². The van der Waals surface area contributed by atoms with Crippen molar-refractivity contribution in [2.45, 2.75) is 103 Å². The lowest BCUT2D eigenvalue weighted by Gasteiger charge is -2.14. The van der Waals surface area contributed by atoms with Crippen molar-refractivity contribution in [1.29, 1.82) is 0 Å². The molecule has 1 fully saturated rings. The predicted octanol–water partition coefficient (Wildman–Crippen LogP) is 10.4. The van der Waals surface area contributed by atoms with Gasteiger partial charge in [-0.1, -0.05) is 124 Å². The van der Waals surface area contributed by atoms with Crippen LogP contribution >= 0.6 is 0 Å². The molecular weight excluding hydrogens is 574 g/mol. The molecule has 2 heterocycles. The first kappa shape index (κ1) is 33.2. The van der Waals surface area contributed by atoms with Gasteiger partial charge < -0.3 is 19.3 Å². The van der Waals surface area contributed by atoms with Gasteiger partial charge in [0.15, 0.2) is 5.76 Å². The van der Waals surface area contributed by atoms with Crippen molar-refractivity contribution >= 4 is 17.5 Å². The average molecular weight is 624 g/mol. The number of esters is 1. The van der Waals surface area contributed by atoms with Crippen LogP contribution in [0.5, 0.6) is 5.88 Å². The van der Waals surface area contributed by atoms with Crippen LogP contribution in [-0.4, -0.2) is 29.3 Å². The van der Waals surface area contributed by atoms with Gasteiger partial charge in [-0.3, -0.25) is 4.79 Å². The Morgan fingerprint density at radius 2 is 1.41 bits per heavy atom. The first-order valence-electron chi connectivity index (χ1n) is 17.3. The van der Waals surface area contributed by atoms with Gasteiger partial charge in [-0.05, 0) is 55.9 Å². The molecule has 4 aromatic rings. The maximum absolute atomic E-state index is 12.5. The van der Waals surface area contributed by atoms with E-state index in [1.54, 1.807) is 0 Å². The van der Waals surface area contributed by atoms with E-state index in [4.69, 9.17) is 14.0 Å². The van der Waals surface area contributed by atoms with E-state index in [0.717, 1.165) is 52.9 Å². The summed E-state index contributed by atoms with van der Waals surface area (Å²) in [5, 5.41) is 7.64. The maximum Gasteiger partial charge on any atom is 0.316 e. The van der Waals surface area contributed by atoms with Gasteiger partial charge in [-0.25, -0.2) is 0 Å². The second-order valence-electron chi connectivity index (χ2n) is 12.4. The summed E-state index contributed by atoms with van der Waals surface area (Å²) in [4.78, 5) is 17.2. The number of nitrogens with zero attached hydrogens (tertiary/aromatic N) is 2. The van der Waals surface area contributed by atoms with Gasteiger partial charge in [0, 0.05) is 11.6 Å². The molecule has 5 rings (SSSR count). The minimum atomic E-state index is -0.459. The Labute approximate surface area is 274 Å². The molecule has 2 aromatic carbocycles. The minimum Gasteiger partial charge on any atom is -0.478 e.